The number of phosphoric ester groups is 1. The number of halogens is 1. The van der Waals surface area contributed by atoms with Crippen LogP contribution in [0.25, 0.3) is 11.2 Å². The summed E-state index contributed by atoms with van der Waals surface area (Å²) in [5.41, 5.74) is 2.36. The van der Waals surface area contributed by atoms with Crippen molar-refractivity contribution in [2.45, 2.75) is 31.1 Å². The predicted octanol–water partition coefficient (Wildman–Crippen LogP) is -0.361. The molecule has 1 saturated heterocycles. The van der Waals surface area contributed by atoms with Gasteiger partial charge in [-0.25, -0.2) is 23.9 Å². The number of benzene rings is 1. The Kier molecular flexibility index (Phi) is 7.82. The fourth-order valence-corrected chi connectivity index (χ4v) is 3.07. The summed E-state index contributed by atoms with van der Waals surface area (Å²) in [6.07, 6.45) is -2.64. The average Bonchev–Trinajstić information content (AvgIpc) is 3.33. The molecule has 1 aromatic carbocycles. The Morgan fingerprint density at radius 2 is 1.84 bits per heavy atom. The number of anilines is 1. The Morgan fingerprint density at radius 3 is 2.47 bits per heavy atom. The number of ether oxygens (including phenoxy) is 1. The minimum atomic E-state index is -4.64. The fourth-order valence-electron chi connectivity index (χ4n) is 2.72. The molecule has 4 atom stereocenters. The predicted molar refractivity (Wildman–Crippen MR) is 106 cm³/mol. The van der Waals surface area contributed by atoms with E-state index in [0.29, 0.717) is 18.0 Å². The summed E-state index contributed by atoms with van der Waals surface area (Å²) in [5.74, 6) is 0.443. The van der Waals surface area contributed by atoms with Gasteiger partial charge in [-0.2, -0.15) is 0 Å². The molecule has 3 aromatic rings. The second-order valence-electron chi connectivity index (χ2n) is 6.64. The fraction of sp³-hybridized carbons (Fsp3) is 0.353. The molecule has 15 heteroatoms. The number of imidazole rings is 1. The van der Waals surface area contributed by atoms with Crippen LogP contribution in [0.3, 0.4) is 0 Å². The summed E-state index contributed by atoms with van der Waals surface area (Å²) in [6, 6.07) is 6.33. The molecule has 4 rings (SSSR count). The van der Waals surface area contributed by atoms with Crippen LogP contribution in [0.5, 0.6) is 0 Å². The number of hydrogen-bond acceptors (Lipinski definition) is 10. The van der Waals surface area contributed by atoms with Crippen LogP contribution in [0.15, 0.2) is 36.9 Å². The largest absolute Gasteiger partial charge is 0.469 e. The Bertz CT molecular complexity index is 1060. The lowest BCUT2D eigenvalue weighted by Gasteiger charge is -2.14. The number of aliphatic hydroxyl groups is 3. The monoisotopic (exact) mass is 473 g/mol. The topological polar surface area (TPSA) is 203 Å². The van der Waals surface area contributed by atoms with Gasteiger partial charge in [-0.15, -0.1) is 0 Å². The quantitative estimate of drug-likeness (QED) is 0.229. The summed E-state index contributed by atoms with van der Waals surface area (Å²) in [6.45, 7) is -0.0506. The maximum atomic E-state index is 12.8. The normalized spacial score (nSPS) is 23.1. The molecule has 0 amide bonds. The van der Waals surface area contributed by atoms with E-state index in [0.717, 1.165) is 11.1 Å². The van der Waals surface area contributed by atoms with Crippen molar-refractivity contribution in [3.05, 3.63) is 48.3 Å². The van der Waals surface area contributed by atoms with Gasteiger partial charge in [0, 0.05) is 6.54 Å². The minimum Gasteiger partial charge on any atom is -0.387 e. The minimum absolute atomic E-state index is 0.239. The van der Waals surface area contributed by atoms with Crippen molar-refractivity contribution >= 4 is 24.8 Å². The van der Waals surface area contributed by atoms with Gasteiger partial charge in [0.05, 0.1) is 12.9 Å². The molecule has 1 unspecified atom stereocenters. The highest BCUT2D eigenvalue weighted by Gasteiger charge is 2.42. The maximum absolute atomic E-state index is 12.8. The van der Waals surface area contributed by atoms with E-state index >= 15 is 0 Å². The van der Waals surface area contributed by atoms with Gasteiger partial charge in [-0.3, -0.25) is 4.52 Å². The molecule has 0 aliphatic carbocycles. The third-order valence-electron chi connectivity index (χ3n) is 4.34. The molecular formula is C17H21FN5O8P. The number of phosphoric acid groups is 1. The van der Waals surface area contributed by atoms with Crippen molar-refractivity contribution in [3.8, 4) is 0 Å². The molecule has 7 N–H and O–H groups in total. The van der Waals surface area contributed by atoms with Crippen LogP contribution in [0.4, 0.5) is 10.2 Å². The number of hydrogen-bond donors (Lipinski definition) is 7. The van der Waals surface area contributed by atoms with Gasteiger partial charge in [0.2, 0.25) is 0 Å². The van der Waals surface area contributed by atoms with E-state index in [-0.39, 0.29) is 5.82 Å². The molecule has 32 heavy (non-hydrogen) atoms. The Balaban J connectivity index is 0.000000188. The van der Waals surface area contributed by atoms with E-state index in [4.69, 9.17) is 25.1 Å². The smallest absolute Gasteiger partial charge is 0.387 e. The molecule has 1 aliphatic heterocycles. The Morgan fingerprint density at radius 1 is 1.12 bits per heavy atom. The number of nitrogens with zero attached hydrogens (tertiary/aromatic N) is 3. The molecule has 0 bridgehead atoms. The Hall–Kier alpha value is -2.55. The van der Waals surface area contributed by atoms with Crippen molar-refractivity contribution in [3.63, 3.8) is 0 Å². The van der Waals surface area contributed by atoms with E-state index in [2.05, 4.69) is 34.5 Å². The van der Waals surface area contributed by atoms with Crippen molar-refractivity contribution in [2.75, 3.05) is 11.9 Å². The summed E-state index contributed by atoms with van der Waals surface area (Å²) in [7, 11) is -4.64. The van der Waals surface area contributed by atoms with Gasteiger partial charge >= 0.3 is 7.82 Å². The van der Waals surface area contributed by atoms with Crippen LogP contribution in [-0.2, 0) is 20.4 Å². The van der Waals surface area contributed by atoms with Crippen LogP contribution >= 0.6 is 7.82 Å². The molecule has 13 nitrogen and oxygen atoms in total. The molecule has 3 heterocycles. The molecule has 1 fully saturated rings. The number of aromatic amines is 1. The van der Waals surface area contributed by atoms with Crippen molar-refractivity contribution in [1.29, 1.82) is 0 Å². The zero-order chi connectivity index (χ0) is 23.3. The third kappa shape index (κ3) is 6.48. The van der Waals surface area contributed by atoms with Gasteiger partial charge in [0.1, 0.15) is 36.0 Å². The van der Waals surface area contributed by atoms with Crippen LogP contribution in [-0.4, -0.2) is 76.3 Å². The lowest BCUT2D eigenvalue weighted by atomic mass is 10.1. The third-order valence-corrected chi connectivity index (χ3v) is 4.83. The summed E-state index contributed by atoms with van der Waals surface area (Å²) >= 11 is 0. The van der Waals surface area contributed by atoms with Crippen LogP contribution in [0.2, 0.25) is 0 Å². The summed E-state index contributed by atoms with van der Waals surface area (Å²) in [4.78, 5) is 31.8. The lowest BCUT2D eigenvalue weighted by molar-refractivity contribution is -0.132. The highest BCUT2D eigenvalue weighted by molar-refractivity contribution is 7.46. The molecule has 0 spiro atoms. The van der Waals surface area contributed by atoms with E-state index in [1.807, 2.05) is 0 Å². The SMILES string of the molecule is Fc1ccc(CNc2ncnc3nc[nH]c23)cc1.O=P(O)(O)OC[C@H]1OC(O)[C@H](O)[C@@H]1O. The number of H-pyrrole nitrogens is 1. The zero-order valence-electron chi connectivity index (χ0n) is 16.3. The number of rotatable bonds is 6. The summed E-state index contributed by atoms with van der Waals surface area (Å²) < 4.78 is 31.6. The molecule has 174 valence electrons. The second kappa shape index (κ2) is 10.4. The molecular weight excluding hydrogens is 452 g/mol. The zero-order valence-corrected chi connectivity index (χ0v) is 17.2. The van der Waals surface area contributed by atoms with Crippen molar-refractivity contribution in [1.82, 2.24) is 19.9 Å². The van der Waals surface area contributed by atoms with Crippen LogP contribution in [0, 0.1) is 5.82 Å². The van der Waals surface area contributed by atoms with Crippen molar-refractivity contribution < 1.29 is 43.3 Å². The van der Waals surface area contributed by atoms with E-state index in [1.54, 1.807) is 18.5 Å². The first-order valence-electron chi connectivity index (χ1n) is 9.16. The number of aliphatic hydroxyl groups excluding tert-OH is 3. The highest BCUT2D eigenvalue weighted by Crippen LogP contribution is 2.37. The van der Waals surface area contributed by atoms with Crippen molar-refractivity contribution in [2.24, 2.45) is 0 Å². The summed E-state index contributed by atoms with van der Waals surface area (Å²) in [5, 5.41) is 30.2. The number of aromatic nitrogens is 4. The molecule has 2 aromatic heterocycles. The first-order chi connectivity index (χ1) is 15.1. The first-order valence-corrected chi connectivity index (χ1v) is 10.7. The van der Waals surface area contributed by atoms with Gasteiger partial charge in [0.25, 0.3) is 0 Å². The Labute approximate surface area is 180 Å². The molecule has 1 aliphatic rings. The van der Waals surface area contributed by atoms with Gasteiger partial charge in [-0.05, 0) is 17.7 Å². The van der Waals surface area contributed by atoms with Gasteiger partial charge < -0.3 is 40.1 Å². The van der Waals surface area contributed by atoms with Crippen LogP contribution in [0.1, 0.15) is 5.56 Å². The number of fused-ring (bicyclic) bond motifs is 1. The molecule has 0 radical (unpaired) electrons. The van der Waals surface area contributed by atoms with E-state index in [1.165, 1.54) is 18.5 Å². The average molecular weight is 473 g/mol. The first kappa shape index (κ1) is 24.1. The second-order valence-corrected chi connectivity index (χ2v) is 7.88. The number of nitrogens with one attached hydrogen (secondary N) is 2. The lowest BCUT2D eigenvalue weighted by Crippen LogP contribution is -2.34. The van der Waals surface area contributed by atoms with Gasteiger partial charge in [-0.1, -0.05) is 12.1 Å². The van der Waals surface area contributed by atoms with Gasteiger partial charge in [0.15, 0.2) is 17.8 Å². The molecule has 0 saturated carbocycles. The standard InChI is InChI=1S/C12H10FN5.C5H11O8P/c13-9-3-1-8(2-4-9)5-14-11-10-12(16-6-15-10)18-7-17-11;6-3-2(1-12-14(9,10)11)13-5(8)4(3)7/h1-4,6-7H,5H2,(H2,14,15,16,17,18);2-8H,1H2,(H2,9,10,11)/t;2-,3-,4-,5?/m.1/s1. The van der Waals surface area contributed by atoms with E-state index < -0.39 is 39.0 Å². The van der Waals surface area contributed by atoms with Crippen LogP contribution < -0.4 is 5.32 Å². The highest BCUT2D eigenvalue weighted by atomic mass is 31.2. The van der Waals surface area contributed by atoms with E-state index in [9.17, 15) is 8.96 Å². The maximum Gasteiger partial charge on any atom is 0.469 e.